The molecule has 0 N–H and O–H groups in total. The van der Waals surface area contributed by atoms with Crippen molar-refractivity contribution in [3.63, 3.8) is 0 Å². The van der Waals surface area contributed by atoms with E-state index in [1.165, 1.54) is 22.5 Å². The van der Waals surface area contributed by atoms with Gasteiger partial charge in [-0.2, -0.15) is 5.26 Å². The van der Waals surface area contributed by atoms with Crippen LogP contribution >= 0.6 is 0 Å². The molecule has 0 aromatic heterocycles. The molecule has 0 aliphatic carbocycles. The fourth-order valence-corrected chi connectivity index (χ4v) is 4.68. The molecule has 0 radical (unpaired) electrons. The molecule has 0 atom stereocenters. The van der Waals surface area contributed by atoms with E-state index in [0.29, 0.717) is 11.3 Å². The highest BCUT2D eigenvalue weighted by molar-refractivity contribution is 5.86. The van der Waals surface area contributed by atoms with Crippen LogP contribution in [0.3, 0.4) is 0 Å². The molecule has 3 heteroatoms. The summed E-state index contributed by atoms with van der Waals surface area (Å²) in [6, 6.07) is 32.8. The van der Waals surface area contributed by atoms with E-state index in [9.17, 15) is 5.26 Å². The van der Waals surface area contributed by atoms with Crippen LogP contribution in [0.4, 0.5) is 22.7 Å². The van der Waals surface area contributed by atoms with Gasteiger partial charge in [0.05, 0.1) is 29.6 Å². The largest absolute Gasteiger partial charge is 0.310 e. The fraction of sp³-hybridized carbons (Fsp3) is 0.103. The SMILES string of the molecule is [C-]#[N+]c1ccc(C#N)c(-c2ccc(N3c4ccccc4C(C)(C)c4ccccc43)cc2)c1. The Hall–Kier alpha value is -4.34. The van der Waals surface area contributed by atoms with E-state index in [1.54, 1.807) is 18.2 Å². The van der Waals surface area contributed by atoms with Crippen LogP contribution in [0.5, 0.6) is 0 Å². The number of hydrogen-bond acceptors (Lipinski definition) is 2. The molecule has 152 valence electrons. The molecule has 5 rings (SSSR count). The van der Waals surface area contributed by atoms with E-state index < -0.39 is 0 Å². The smallest absolute Gasteiger partial charge is 0.187 e. The molecule has 0 saturated heterocycles. The maximum atomic E-state index is 9.53. The number of rotatable bonds is 2. The maximum absolute atomic E-state index is 9.53. The first-order valence-corrected chi connectivity index (χ1v) is 10.6. The Balaban J connectivity index is 1.65. The second-order valence-corrected chi connectivity index (χ2v) is 8.50. The first kappa shape index (κ1) is 19.6. The highest BCUT2D eigenvalue weighted by atomic mass is 15.2. The minimum absolute atomic E-state index is 0.0917. The summed E-state index contributed by atoms with van der Waals surface area (Å²) in [7, 11) is 0. The van der Waals surface area contributed by atoms with Crippen molar-refractivity contribution < 1.29 is 0 Å². The summed E-state index contributed by atoms with van der Waals surface area (Å²) >= 11 is 0. The highest BCUT2D eigenvalue weighted by Gasteiger charge is 2.36. The van der Waals surface area contributed by atoms with Gasteiger partial charge in [0.1, 0.15) is 0 Å². The lowest BCUT2D eigenvalue weighted by molar-refractivity contribution is 0.632. The Morgan fingerprint density at radius 3 is 1.97 bits per heavy atom. The molecule has 0 amide bonds. The first-order valence-electron chi connectivity index (χ1n) is 10.6. The van der Waals surface area contributed by atoms with Crippen molar-refractivity contribution in [2.75, 3.05) is 4.90 Å². The van der Waals surface area contributed by atoms with Crippen molar-refractivity contribution in [2.24, 2.45) is 0 Å². The summed E-state index contributed by atoms with van der Waals surface area (Å²) in [5.74, 6) is 0. The third-order valence-electron chi connectivity index (χ3n) is 6.33. The summed E-state index contributed by atoms with van der Waals surface area (Å²) in [5, 5.41) is 9.53. The highest BCUT2D eigenvalue weighted by Crippen LogP contribution is 2.51. The van der Waals surface area contributed by atoms with Gasteiger partial charge in [-0.3, -0.25) is 0 Å². The number of fused-ring (bicyclic) bond motifs is 2. The Morgan fingerprint density at radius 2 is 1.41 bits per heavy atom. The predicted molar refractivity (Wildman–Crippen MR) is 130 cm³/mol. The van der Waals surface area contributed by atoms with Crippen LogP contribution in [0, 0.1) is 17.9 Å². The van der Waals surface area contributed by atoms with Crippen LogP contribution < -0.4 is 4.90 Å². The van der Waals surface area contributed by atoms with Crippen LogP contribution in [0.15, 0.2) is 91.0 Å². The number of anilines is 3. The van der Waals surface area contributed by atoms with Crippen LogP contribution in [0.1, 0.15) is 30.5 Å². The van der Waals surface area contributed by atoms with Crippen LogP contribution in [0.25, 0.3) is 16.0 Å². The molecule has 0 saturated carbocycles. The lowest BCUT2D eigenvalue weighted by Crippen LogP contribution is -2.30. The molecule has 4 aromatic carbocycles. The normalized spacial score (nSPS) is 13.4. The molecule has 3 nitrogen and oxygen atoms in total. The summed E-state index contributed by atoms with van der Waals surface area (Å²) in [4.78, 5) is 5.83. The molecule has 32 heavy (non-hydrogen) atoms. The number of nitriles is 1. The third-order valence-corrected chi connectivity index (χ3v) is 6.33. The van der Waals surface area contributed by atoms with Gasteiger partial charge in [-0.25, -0.2) is 4.85 Å². The molecule has 0 fully saturated rings. The quantitative estimate of drug-likeness (QED) is 0.314. The van der Waals surface area contributed by atoms with Gasteiger partial charge in [0.2, 0.25) is 0 Å². The van der Waals surface area contributed by atoms with E-state index in [4.69, 9.17) is 6.57 Å². The van der Waals surface area contributed by atoms with Gasteiger partial charge < -0.3 is 4.90 Å². The third kappa shape index (κ3) is 2.96. The van der Waals surface area contributed by atoms with E-state index in [1.807, 2.05) is 12.1 Å². The molecule has 1 aliphatic rings. The molecular formula is C29H21N3. The molecule has 0 unspecified atom stereocenters. The average molecular weight is 412 g/mol. The van der Waals surface area contributed by atoms with Crippen LogP contribution in [-0.2, 0) is 5.41 Å². The lowest BCUT2D eigenvalue weighted by Gasteiger charge is -2.42. The second kappa shape index (κ2) is 7.41. The van der Waals surface area contributed by atoms with E-state index in [0.717, 1.165) is 16.8 Å². The molecule has 0 bridgehead atoms. The zero-order valence-electron chi connectivity index (χ0n) is 18.0. The number of hydrogen-bond donors (Lipinski definition) is 0. The standard InChI is InChI=1S/C29H21N3/c1-29(2)25-8-4-6-10-27(25)32(28-11-7-5-9-26(28)29)23-16-13-20(14-17-23)24-18-22(31-3)15-12-21(24)19-30/h4-18H,1-2H3. The zero-order valence-corrected chi connectivity index (χ0v) is 18.0. The second-order valence-electron chi connectivity index (χ2n) is 8.50. The van der Waals surface area contributed by atoms with Crippen molar-refractivity contribution in [3.05, 3.63) is 119 Å². The van der Waals surface area contributed by atoms with Crippen molar-refractivity contribution in [2.45, 2.75) is 19.3 Å². The number of para-hydroxylation sites is 2. The topological polar surface area (TPSA) is 31.4 Å². The van der Waals surface area contributed by atoms with E-state index in [-0.39, 0.29) is 5.41 Å². The Kier molecular flexibility index (Phi) is 4.54. The summed E-state index contributed by atoms with van der Waals surface area (Å²) in [6.45, 7) is 11.9. The molecular weight excluding hydrogens is 390 g/mol. The Bertz CT molecular complexity index is 1370. The van der Waals surface area contributed by atoms with Gasteiger partial charge in [0.15, 0.2) is 5.69 Å². The molecule has 1 aliphatic heterocycles. The van der Waals surface area contributed by atoms with E-state index in [2.05, 4.69) is 90.3 Å². The molecule has 1 heterocycles. The average Bonchev–Trinajstić information content (AvgIpc) is 2.84. The van der Waals surface area contributed by atoms with Crippen molar-refractivity contribution >= 4 is 22.7 Å². The fourth-order valence-electron chi connectivity index (χ4n) is 4.68. The van der Waals surface area contributed by atoms with Gasteiger partial charge in [0.25, 0.3) is 0 Å². The molecule has 0 spiro atoms. The Labute approximate surface area is 188 Å². The minimum Gasteiger partial charge on any atom is -0.310 e. The zero-order chi connectivity index (χ0) is 22.3. The monoisotopic (exact) mass is 411 g/mol. The maximum Gasteiger partial charge on any atom is 0.187 e. The molecule has 4 aromatic rings. The number of nitrogens with zero attached hydrogens (tertiary/aromatic N) is 3. The first-order chi connectivity index (χ1) is 15.5. The van der Waals surface area contributed by atoms with Crippen molar-refractivity contribution in [1.82, 2.24) is 0 Å². The van der Waals surface area contributed by atoms with Gasteiger partial charge in [-0.15, -0.1) is 0 Å². The van der Waals surface area contributed by atoms with E-state index >= 15 is 0 Å². The van der Waals surface area contributed by atoms with Gasteiger partial charge in [-0.05, 0) is 52.6 Å². The van der Waals surface area contributed by atoms with Crippen LogP contribution in [-0.4, -0.2) is 0 Å². The van der Waals surface area contributed by atoms with Gasteiger partial charge in [0, 0.05) is 11.1 Å². The summed E-state index contributed by atoms with van der Waals surface area (Å²) in [6.07, 6.45) is 0. The Morgan fingerprint density at radius 1 is 0.812 bits per heavy atom. The predicted octanol–water partition coefficient (Wildman–Crippen LogP) is 7.89. The summed E-state index contributed by atoms with van der Waals surface area (Å²) < 4.78 is 0. The lowest BCUT2D eigenvalue weighted by atomic mass is 9.73. The minimum atomic E-state index is -0.0917. The van der Waals surface area contributed by atoms with Crippen molar-refractivity contribution in [3.8, 4) is 17.2 Å². The van der Waals surface area contributed by atoms with Gasteiger partial charge >= 0.3 is 0 Å². The van der Waals surface area contributed by atoms with Crippen molar-refractivity contribution in [1.29, 1.82) is 5.26 Å². The van der Waals surface area contributed by atoms with Crippen LogP contribution in [0.2, 0.25) is 0 Å². The van der Waals surface area contributed by atoms with Gasteiger partial charge in [-0.1, -0.05) is 74.5 Å². The summed E-state index contributed by atoms with van der Waals surface area (Å²) in [5.41, 5.74) is 8.72. The number of benzene rings is 4.